The summed E-state index contributed by atoms with van der Waals surface area (Å²) >= 11 is 12.9. The van der Waals surface area contributed by atoms with Crippen molar-refractivity contribution in [2.75, 3.05) is 13.6 Å². The fraction of sp³-hybridized carbons (Fsp3) is 0.214. The molecule has 2 aromatic rings. The highest BCUT2D eigenvalue weighted by Gasteiger charge is 2.31. The van der Waals surface area contributed by atoms with Crippen LogP contribution in [0.4, 0.5) is 13.2 Å². The molecule has 22 heavy (non-hydrogen) atoms. The Morgan fingerprint density at radius 3 is 2.32 bits per heavy atom. The van der Waals surface area contributed by atoms with E-state index in [0.29, 0.717) is 25.4 Å². The van der Waals surface area contributed by atoms with Crippen LogP contribution in [0.5, 0.6) is 0 Å². The minimum Gasteiger partial charge on any atom is -0.332 e. The largest absolute Gasteiger partial charge is 0.406 e. The molecule has 1 aromatic carbocycles. The number of benzene rings is 1. The Morgan fingerprint density at radius 2 is 1.77 bits per heavy atom. The first-order chi connectivity index (χ1) is 10.2. The van der Waals surface area contributed by atoms with Gasteiger partial charge in [-0.1, -0.05) is 23.2 Å². The van der Waals surface area contributed by atoms with E-state index < -0.39 is 18.6 Å². The van der Waals surface area contributed by atoms with Crippen LogP contribution in [0.2, 0.25) is 10.0 Å². The summed E-state index contributed by atoms with van der Waals surface area (Å²) in [6.45, 7) is -1.29. The number of carbonyl (C=O) groups is 1. The van der Waals surface area contributed by atoms with Gasteiger partial charge in [-0.2, -0.15) is 13.2 Å². The second kappa shape index (κ2) is 6.48. The highest BCUT2D eigenvalue weighted by atomic mass is 35.5. The molecule has 0 bridgehead atoms. The number of thiophene rings is 1. The summed E-state index contributed by atoms with van der Waals surface area (Å²) in [6, 6.07) is 8.06. The average molecular weight is 368 g/mol. The molecule has 1 heterocycles. The van der Waals surface area contributed by atoms with Gasteiger partial charge in [0.2, 0.25) is 0 Å². The van der Waals surface area contributed by atoms with Gasteiger partial charge in [0.05, 0.1) is 4.88 Å². The van der Waals surface area contributed by atoms with E-state index in [4.69, 9.17) is 23.2 Å². The Balaban J connectivity index is 2.22. The molecular weight excluding hydrogens is 358 g/mol. The van der Waals surface area contributed by atoms with Crippen molar-refractivity contribution in [3.05, 3.63) is 45.3 Å². The second-order valence-electron chi connectivity index (χ2n) is 4.60. The van der Waals surface area contributed by atoms with Gasteiger partial charge in [0.1, 0.15) is 6.54 Å². The lowest BCUT2D eigenvalue weighted by Crippen LogP contribution is -2.35. The molecule has 1 aromatic heterocycles. The van der Waals surface area contributed by atoms with Crippen molar-refractivity contribution in [3.63, 3.8) is 0 Å². The zero-order valence-corrected chi connectivity index (χ0v) is 13.6. The molecule has 0 spiro atoms. The van der Waals surface area contributed by atoms with Crippen molar-refractivity contribution in [1.29, 1.82) is 0 Å². The topological polar surface area (TPSA) is 20.3 Å². The van der Waals surface area contributed by atoms with Crippen LogP contribution in [0.15, 0.2) is 30.3 Å². The van der Waals surface area contributed by atoms with Gasteiger partial charge in [0.25, 0.3) is 5.91 Å². The van der Waals surface area contributed by atoms with Crippen LogP contribution in [0.1, 0.15) is 9.67 Å². The molecular formula is C14H10Cl2F3NOS. The molecule has 0 atom stereocenters. The second-order valence-corrected chi connectivity index (χ2v) is 6.56. The molecule has 0 saturated heterocycles. The average Bonchev–Trinajstić information content (AvgIpc) is 2.84. The summed E-state index contributed by atoms with van der Waals surface area (Å²) in [6.07, 6.45) is -4.43. The first-order valence-corrected chi connectivity index (χ1v) is 7.61. The van der Waals surface area contributed by atoms with E-state index in [2.05, 4.69) is 0 Å². The fourth-order valence-electron chi connectivity index (χ4n) is 1.83. The summed E-state index contributed by atoms with van der Waals surface area (Å²) in [5, 5.41) is 0.885. The summed E-state index contributed by atoms with van der Waals surface area (Å²) in [5.41, 5.74) is 0.708. The van der Waals surface area contributed by atoms with E-state index in [1.165, 1.54) is 6.07 Å². The number of amides is 1. The Hall–Kier alpha value is -1.24. The molecule has 8 heteroatoms. The van der Waals surface area contributed by atoms with E-state index in [-0.39, 0.29) is 4.88 Å². The molecule has 0 N–H and O–H groups in total. The molecule has 1 amide bonds. The van der Waals surface area contributed by atoms with Crippen molar-refractivity contribution < 1.29 is 18.0 Å². The molecule has 118 valence electrons. The van der Waals surface area contributed by atoms with Gasteiger partial charge < -0.3 is 4.90 Å². The number of carbonyl (C=O) groups excluding carboxylic acids is 1. The standard InChI is InChI=1S/C14H10Cl2F3NOS/c1-20(7-14(17,18)19)13(21)12-3-2-11(22-12)8-4-9(15)6-10(16)5-8/h2-6H,7H2,1H3. The highest BCUT2D eigenvalue weighted by molar-refractivity contribution is 7.17. The van der Waals surface area contributed by atoms with E-state index in [0.717, 1.165) is 18.4 Å². The first-order valence-electron chi connectivity index (χ1n) is 6.04. The Labute approximate surface area is 139 Å². The van der Waals surface area contributed by atoms with Gasteiger partial charge >= 0.3 is 6.18 Å². The summed E-state index contributed by atoms with van der Waals surface area (Å²) in [5.74, 6) is -0.679. The number of hydrogen-bond acceptors (Lipinski definition) is 2. The van der Waals surface area contributed by atoms with Gasteiger partial charge in [-0.25, -0.2) is 0 Å². The smallest absolute Gasteiger partial charge is 0.332 e. The number of rotatable bonds is 3. The molecule has 0 aliphatic heterocycles. The van der Waals surface area contributed by atoms with Crippen LogP contribution in [-0.2, 0) is 0 Å². The van der Waals surface area contributed by atoms with Crippen molar-refractivity contribution >= 4 is 40.4 Å². The molecule has 0 aliphatic rings. The van der Waals surface area contributed by atoms with Gasteiger partial charge in [0.15, 0.2) is 0 Å². The van der Waals surface area contributed by atoms with Crippen LogP contribution in [0.25, 0.3) is 10.4 Å². The third-order valence-electron chi connectivity index (χ3n) is 2.73. The fourth-order valence-corrected chi connectivity index (χ4v) is 3.35. The number of halogens is 5. The Kier molecular flexibility index (Phi) is 5.04. The highest BCUT2D eigenvalue weighted by Crippen LogP contribution is 2.32. The van der Waals surface area contributed by atoms with E-state index in [1.807, 2.05) is 0 Å². The zero-order valence-electron chi connectivity index (χ0n) is 11.2. The minimum atomic E-state index is -4.43. The van der Waals surface area contributed by atoms with Crippen LogP contribution in [0.3, 0.4) is 0 Å². The lowest BCUT2D eigenvalue weighted by Gasteiger charge is -2.17. The van der Waals surface area contributed by atoms with Crippen LogP contribution in [-0.4, -0.2) is 30.6 Å². The van der Waals surface area contributed by atoms with Crippen LogP contribution >= 0.6 is 34.5 Å². The summed E-state index contributed by atoms with van der Waals surface area (Å²) < 4.78 is 37.0. The van der Waals surface area contributed by atoms with Crippen molar-refractivity contribution in [1.82, 2.24) is 4.90 Å². The lowest BCUT2D eigenvalue weighted by atomic mass is 10.2. The zero-order chi connectivity index (χ0) is 16.5. The molecule has 0 unspecified atom stereocenters. The maximum Gasteiger partial charge on any atom is 0.406 e. The normalized spacial score (nSPS) is 11.5. The maximum absolute atomic E-state index is 12.3. The van der Waals surface area contributed by atoms with Gasteiger partial charge in [-0.05, 0) is 35.9 Å². The molecule has 2 rings (SSSR count). The van der Waals surface area contributed by atoms with E-state index in [9.17, 15) is 18.0 Å². The summed E-state index contributed by atoms with van der Waals surface area (Å²) in [4.78, 5) is 13.5. The molecule has 0 fully saturated rings. The van der Waals surface area contributed by atoms with Crippen molar-refractivity contribution in [2.45, 2.75) is 6.18 Å². The maximum atomic E-state index is 12.3. The predicted octanol–water partition coefficient (Wildman–Crippen LogP) is 5.36. The molecule has 0 saturated carbocycles. The SMILES string of the molecule is CN(CC(F)(F)F)C(=O)c1ccc(-c2cc(Cl)cc(Cl)c2)s1. The quantitative estimate of drug-likeness (QED) is 0.715. The number of nitrogens with zero attached hydrogens (tertiary/aromatic N) is 1. The van der Waals surface area contributed by atoms with E-state index in [1.54, 1.807) is 24.3 Å². The van der Waals surface area contributed by atoms with E-state index >= 15 is 0 Å². The van der Waals surface area contributed by atoms with Gasteiger partial charge in [-0.3, -0.25) is 4.79 Å². The number of hydrogen-bond donors (Lipinski definition) is 0. The van der Waals surface area contributed by atoms with Crippen LogP contribution < -0.4 is 0 Å². The predicted molar refractivity (Wildman–Crippen MR) is 82.8 cm³/mol. The van der Waals surface area contributed by atoms with Gasteiger partial charge in [0, 0.05) is 22.0 Å². The Bertz CT molecular complexity index is 679. The molecule has 2 nitrogen and oxygen atoms in total. The molecule has 0 aliphatic carbocycles. The molecule has 0 radical (unpaired) electrons. The number of alkyl halides is 3. The lowest BCUT2D eigenvalue weighted by molar-refractivity contribution is -0.138. The first kappa shape index (κ1) is 17.1. The van der Waals surface area contributed by atoms with Gasteiger partial charge in [-0.15, -0.1) is 11.3 Å². The summed E-state index contributed by atoms with van der Waals surface area (Å²) in [7, 11) is 1.12. The monoisotopic (exact) mass is 367 g/mol. The Morgan fingerprint density at radius 1 is 1.18 bits per heavy atom. The minimum absolute atomic E-state index is 0.220. The third kappa shape index (κ3) is 4.38. The van der Waals surface area contributed by atoms with Crippen molar-refractivity contribution in [2.24, 2.45) is 0 Å². The van der Waals surface area contributed by atoms with Crippen LogP contribution in [0, 0.1) is 0 Å². The van der Waals surface area contributed by atoms with Crippen molar-refractivity contribution in [3.8, 4) is 10.4 Å². The third-order valence-corrected chi connectivity index (χ3v) is 4.29.